The second kappa shape index (κ2) is 5.16. The Kier molecular flexibility index (Phi) is 3.38. The highest BCUT2D eigenvalue weighted by atomic mass is 32.2. The van der Waals surface area contributed by atoms with E-state index in [2.05, 4.69) is 22.2 Å². The smallest absolute Gasteiger partial charge is 0.169 e. The van der Waals surface area contributed by atoms with E-state index in [1.54, 1.807) is 11.8 Å². The van der Waals surface area contributed by atoms with Crippen molar-refractivity contribution in [1.29, 1.82) is 0 Å². The molecule has 0 amide bonds. The van der Waals surface area contributed by atoms with E-state index in [1.165, 1.54) is 0 Å². The molecule has 3 rings (SSSR count). The van der Waals surface area contributed by atoms with E-state index in [4.69, 9.17) is 4.74 Å². The number of anilines is 1. The van der Waals surface area contributed by atoms with Gasteiger partial charge in [0.25, 0.3) is 0 Å². The molecule has 1 aliphatic heterocycles. The van der Waals surface area contributed by atoms with Crippen molar-refractivity contribution in [2.45, 2.75) is 23.6 Å². The maximum absolute atomic E-state index is 5.20. The zero-order chi connectivity index (χ0) is 12.4. The van der Waals surface area contributed by atoms with Crippen LogP contribution < -0.4 is 5.32 Å². The number of nitrogens with one attached hydrogen (secondary N) is 1. The number of imidazole rings is 1. The Labute approximate surface area is 110 Å². The molecule has 0 atom stereocenters. The highest BCUT2D eigenvalue weighted by Crippen LogP contribution is 2.30. The van der Waals surface area contributed by atoms with Crippen molar-refractivity contribution in [3.05, 3.63) is 18.6 Å². The maximum atomic E-state index is 5.20. The average molecular weight is 264 g/mol. The molecule has 0 radical (unpaired) electrons. The van der Waals surface area contributed by atoms with Crippen LogP contribution in [0.5, 0.6) is 0 Å². The standard InChI is InChI=1S/C12H16N4OS/c1-2-3-13-10-6-16-5-4-14-11(16)12(15-10)18-9-7-17-8-9/h4-6,9,13H,2-3,7-8H2,1H3. The van der Waals surface area contributed by atoms with E-state index < -0.39 is 0 Å². The first-order chi connectivity index (χ1) is 8.86. The highest BCUT2D eigenvalue weighted by molar-refractivity contribution is 8.00. The van der Waals surface area contributed by atoms with Crippen molar-refractivity contribution in [2.24, 2.45) is 0 Å². The van der Waals surface area contributed by atoms with Crippen LogP contribution in [0.3, 0.4) is 0 Å². The zero-order valence-electron chi connectivity index (χ0n) is 10.3. The van der Waals surface area contributed by atoms with Crippen LogP contribution in [0.15, 0.2) is 23.6 Å². The van der Waals surface area contributed by atoms with Crippen molar-refractivity contribution in [1.82, 2.24) is 14.4 Å². The summed E-state index contributed by atoms with van der Waals surface area (Å²) in [6, 6.07) is 0. The molecule has 2 aromatic rings. The first-order valence-corrected chi connectivity index (χ1v) is 7.07. The van der Waals surface area contributed by atoms with Gasteiger partial charge >= 0.3 is 0 Å². The Morgan fingerprint density at radius 2 is 2.44 bits per heavy atom. The summed E-state index contributed by atoms with van der Waals surface area (Å²) in [5, 5.41) is 4.82. The lowest BCUT2D eigenvalue weighted by atomic mass is 10.4. The van der Waals surface area contributed by atoms with Crippen molar-refractivity contribution < 1.29 is 4.74 Å². The normalized spacial score (nSPS) is 15.8. The fourth-order valence-electron chi connectivity index (χ4n) is 1.76. The third-order valence-corrected chi connectivity index (χ3v) is 3.89. The van der Waals surface area contributed by atoms with E-state index in [1.807, 2.05) is 23.0 Å². The van der Waals surface area contributed by atoms with E-state index in [0.717, 1.165) is 42.7 Å². The number of ether oxygens (including phenoxy) is 1. The van der Waals surface area contributed by atoms with Crippen LogP contribution in [0.2, 0.25) is 0 Å². The number of thioether (sulfide) groups is 1. The maximum Gasteiger partial charge on any atom is 0.169 e. The molecule has 0 spiro atoms. The van der Waals surface area contributed by atoms with Gasteiger partial charge in [0, 0.05) is 18.9 Å². The summed E-state index contributed by atoms with van der Waals surface area (Å²) in [4.78, 5) is 9.01. The van der Waals surface area contributed by atoms with Gasteiger partial charge in [-0.1, -0.05) is 18.7 Å². The van der Waals surface area contributed by atoms with Crippen LogP contribution >= 0.6 is 11.8 Å². The number of hydrogen-bond acceptors (Lipinski definition) is 5. The van der Waals surface area contributed by atoms with Crippen molar-refractivity contribution in [2.75, 3.05) is 25.1 Å². The molecule has 0 bridgehead atoms. The van der Waals surface area contributed by atoms with Gasteiger partial charge in [0.05, 0.1) is 24.7 Å². The molecule has 0 aliphatic carbocycles. The summed E-state index contributed by atoms with van der Waals surface area (Å²) in [5.41, 5.74) is 0.925. The third kappa shape index (κ3) is 2.30. The SMILES string of the molecule is CCCNc1cn2ccnc2c(SC2COC2)n1. The van der Waals surface area contributed by atoms with E-state index in [0.29, 0.717) is 5.25 Å². The third-order valence-electron chi connectivity index (χ3n) is 2.79. The van der Waals surface area contributed by atoms with Crippen LogP contribution in [-0.2, 0) is 4.74 Å². The molecule has 96 valence electrons. The minimum Gasteiger partial charge on any atom is -0.379 e. The Hall–Kier alpha value is -1.27. The Morgan fingerprint density at radius 3 is 3.17 bits per heavy atom. The molecule has 0 saturated carbocycles. The number of nitrogens with zero attached hydrogens (tertiary/aromatic N) is 3. The predicted molar refractivity (Wildman–Crippen MR) is 72.2 cm³/mol. The molecule has 5 nitrogen and oxygen atoms in total. The molecule has 1 N–H and O–H groups in total. The van der Waals surface area contributed by atoms with Crippen LogP contribution in [-0.4, -0.2) is 39.4 Å². The Bertz CT molecular complexity index is 538. The van der Waals surface area contributed by atoms with Crippen molar-refractivity contribution >= 4 is 23.2 Å². The number of hydrogen-bond donors (Lipinski definition) is 1. The number of rotatable bonds is 5. The summed E-state index contributed by atoms with van der Waals surface area (Å²) in [5.74, 6) is 0.907. The molecule has 0 unspecified atom stereocenters. The topological polar surface area (TPSA) is 51.5 Å². The summed E-state index contributed by atoms with van der Waals surface area (Å²) in [6.07, 6.45) is 6.83. The fourth-order valence-corrected chi connectivity index (χ4v) is 2.82. The number of aromatic nitrogens is 3. The number of fused-ring (bicyclic) bond motifs is 1. The first kappa shape index (κ1) is 11.8. The van der Waals surface area contributed by atoms with Crippen molar-refractivity contribution in [3.8, 4) is 0 Å². The summed E-state index contributed by atoms with van der Waals surface area (Å²) in [6.45, 7) is 4.70. The Morgan fingerprint density at radius 1 is 1.56 bits per heavy atom. The summed E-state index contributed by atoms with van der Waals surface area (Å²) < 4.78 is 7.22. The average Bonchev–Trinajstić information content (AvgIpc) is 2.79. The molecule has 0 aromatic carbocycles. The van der Waals surface area contributed by atoms with Crippen LogP contribution in [0.4, 0.5) is 5.82 Å². The van der Waals surface area contributed by atoms with Gasteiger partial charge in [-0.05, 0) is 6.42 Å². The van der Waals surface area contributed by atoms with Crippen LogP contribution in [0, 0.1) is 0 Å². The molecule has 2 aromatic heterocycles. The monoisotopic (exact) mass is 264 g/mol. The Balaban J connectivity index is 1.89. The lowest BCUT2D eigenvalue weighted by Gasteiger charge is -2.24. The molecule has 3 heterocycles. The molecule has 18 heavy (non-hydrogen) atoms. The van der Waals surface area contributed by atoms with Crippen LogP contribution in [0.1, 0.15) is 13.3 Å². The zero-order valence-corrected chi connectivity index (χ0v) is 11.1. The minimum absolute atomic E-state index is 0.513. The van der Waals surface area contributed by atoms with Gasteiger partial charge in [-0.2, -0.15) is 0 Å². The van der Waals surface area contributed by atoms with Gasteiger partial charge in [-0.15, -0.1) is 0 Å². The van der Waals surface area contributed by atoms with Gasteiger partial charge in [0.2, 0.25) is 0 Å². The van der Waals surface area contributed by atoms with Gasteiger partial charge in [0.15, 0.2) is 5.65 Å². The van der Waals surface area contributed by atoms with Gasteiger partial charge < -0.3 is 14.5 Å². The van der Waals surface area contributed by atoms with Crippen molar-refractivity contribution in [3.63, 3.8) is 0 Å². The van der Waals surface area contributed by atoms with E-state index >= 15 is 0 Å². The largest absolute Gasteiger partial charge is 0.379 e. The fraction of sp³-hybridized carbons (Fsp3) is 0.500. The molecular formula is C12H16N4OS. The molecule has 1 aliphatic rings. The minimum atomic E-state index is 0.513. The lowest BCUT2D eigenvalue weighted by molar-refractivity contribution is 0.0455. The predicted octanol–water partition coefficient (Wildman–Crippen LogP) is 2.04. The summed E-state index contributed by atoms with van der Waals surface area (Å²) >= 11 is 1.75. The highest BCUT2D eigenvalue weighted by Gasteiger charge is 2.22. The molecule has 1 fully saturated rings. The second-order valence-corrected chi connectivity index (χ2v) is 5.58. The van der Waals surface area contributed by atoms with E-state index in [9.17, 15) is 0 Å². The molecule has 6 heteroatoms. The second-order valence-electron chi connectivity index (χ2n) is 4.29. The molecular weight excluding hydrogens is 248 g/mol. The first-order valence-electron chi connectivity index (χ1n) is 6.19. The summed E-state index contributed by atoms with van der Waals surface area (Å²) in [7, 11) is 0. The quantitative estimate of drug-likeness (QED) is 0.895. The van der Waals surface area contributed by atoms with Gasteiger partial charge in [-0.25, -0.2) is 9.97 Å². The van der Waals surface area contributed by atoms with Gasteiger partial charge in [-0.3, -0.25) is 0 Å². The molecule has 1 saturated heterocycles. The lowest BCUT2D eigenvalue weighted by Crippen LogP contribution is -2.30. The van der Waals surface area contributed by atoms with E-state index in [-0.39, 0.29) is 0 Å². The van der Waals surface area contributed by atoms with Gasteiger partial charge in [0.1, 0.15) is 10.8 Å². The van der Waals surface area contributed by atoms with Crippen LogP contribution in [0.25, 0.3) is 5.65 Å².